The summed E-state index contributed by atoms with van der Waals surface area (Å²) in [6.07, 6.45) is 7.77. The number of pyridine rings is 1. The highest BCUT2D eigenvalue weighted by atomic mass is 16.6. The van der Waals surface area contributed by atoms with Crippen LogP contribution in [0.4, 0.5) is 5.69 Å². The summed E-state index contributed by atoms with van der Waals surface area (Å²) >= 11 is 0. The summed E-state index contributed by atoms with van der Waals surface area (Å²) in [6, 6.07) is 26.4. The molecule has 0 radical (unpaired) electrons. The zero-order valence-corrected chi connectivity index (χ0v) is 23.3. The van der Waals surface area contributed by atoms with Crippen molar-refractivity contribution < 1.29 is 4.92 Å². The Morgan fingerprint density at radius 2 is 1.62 bits per heavy atom. The fraction of sp³-hybridized carbons (Fsp3) is 0.265. The molecule has 0 spiro atoms. The van der Waals surface area contributed by atoms with Crippen LogP contribution < -0.4 is 0 Å². The van der Waals surface area contributed by atoms with E-state index < -0.39 is 0 Å². The van der Waals surface area contributed by atoms with Crippen LogP contribution in [-0.4, -0.2) is 32.9 Å². The molecule has 0 aliphatic rings. The Balaban J connectivity index is 1.41. The Hall–Kier alpha value is -4.29. The highest BCUT2D eigenvalue weighted by molar-refractivity contribution is 5.92. The number of aryl methyl sites for hydroxylation is 3. The third kappa shape index (κ3) is 6.82. The molecule has 0 unspecified atom stereocenters. The number of rotatable bonds is 12. The first-order chi connectivity index (χ1) is 19.5. The van der Waals surface area contributed by atoms with E-state index in [-0.39, 0.29) is 10.6 Å². The zero-order valence-electron chi connectivity index (χ0n) is 23.3. The van der Waals surface area contributed by atoms with Crippen LogP contribution in [0.1, 0.15) is 40.7 Å². The van der Waals surface area contributed by atoms with Gasteiger partial charge in [-0.25, -0.2) is 0 Å². The van der Waals surface area contributed by atoms with E-state index in [9.17, 15) is 10.1 Å². The lowest BCUT2D eigenvalue weighted by atomic mass is 9.99. The molecule has 0 saturated heterocycles. The number of hydrogen-bond donors (Lipinski definition) is 1. The Morgan fingerprint density at radius 3 is 2.35 bits per heavy atom. The number of nitro groups is 1. The van der Waals surface area contributed by atoms with E-state index >= 15 is 0 Å². The lowest BCUT2D eigenvalue weighted by Gasteiger charge is -2.23. The van der Waals surface area contributed by atoms with Gasteiger partial charge >= 0.3 is 0 Å². The molecule has 0 saturated carbocycles. The van der Waals surface area contributed by atoms with Gasteiger partial charge in [-0.3, -0.25) is 20.0 Å². The van der Waals surface area contributed by atoms with Crippen LogP contribution in [0.2, 0.25) is 0 Å². The van der Waals surface area contributed by atoms with Crippen molar-refractivity contribution in [3.63, 3.8) is 0 Å². The molecule has 0 atom stereocenters. The number of aromatic nitrogens is 2. The third-order valence-corrected chi connectivity index (χ3v) is 7.45. The average molecular weight is 533 g/mol. The standard InChI is InChI=1S/C34H36N4O2/c1-25-19-26(2)21-29(20-25)34-31(32-22-30(38(39)40)13-14-33(32)36-34)15-18-37(24-28-10-4-3-5-11-28)17-7-6-9-27-12-8-16-35-23-27/h3-5,8,10-14,16,19-23,36H,6-7,9,15,17-18,24H2,1-2H3. The predicted octanol–water partition coefficient (Wildman–Crippen LogP) is 7.82. The van der Waals surface area contributed by atoms with Crippen molar-refractivity contribution >= 4 is 16.6 Å². The number of non-ortho nitro benzene ring substituents is 1. The summed E-state index contributed by atoms with van der Waals surface area (Å²) in [4.78, 5) is 21.7. The maximum atomic E-state index is 11.6. The summed E-state index contributed by atoms with van der Waals surface area (Å²) in [7, 11) is 0. The smallest absolute Gasteiger partial charge is 0.270 e. The topological polar surface area (TPSA) is 75.1 Å². The minimum absolute atomic E-state index is 0.122. The lowest BCUT2D eigenvalue weighted by molar-refractivity contribution is -0.384. The molecule has 6 heteroatoms. The van der Waals surface area contributed by atoms with Gasteiger partial charge in [-0.05, 0) is 92.6 Å². The van der Waals surface area contributed by atoms with Gasteiger partial charge < -0.3 is 4.98 Å². The molecule has 5 aromatic rings. The summed E-state index contributed by atoms with van der Waals surface area (Å²) in [5.41, 5.74) is 9.33. The van der Waals surface area contributed by atoms with E-state index in [0.717, 1.165) is 73.0 Å². The molecule has 0 bridgehead atoms. The minimum Gasteiger partial charge on any atom is -0.354 e. The van der Waals surface area contributed by atoms with Crippen molar-refractivity contribution in [3.8, 4) is 11.3 Å². The maximum Gasteiger partial charge on any atom is 0.270 e. The first-order valence-electron chi connectivity index (χ1n) is 14.0. The van der Waals surface area contributed by atoms with Gasteiger partial charge in [-0.15, -0.1) is 0 Å². The number of nitrogens with zero attached hydrogens (tertiary/aromatic N) is 3. The van der Waals surface area contributed by atoms with Crippen LogP contribution in [0.3, 0.4) is 0 Å². The second-order valence-electron chi connectivity index (χ2n) is 10.7. The lowest BCUT2D eigenvalue weighted by Crippen LogP contribution is -2.27. The number of nitro benzene ring substituents is 1. The Kier molecular flexibility index (Phi) is 8.67. The number of hydrogen-bond acceptors (Lipinski definition) is 4. The van der Waals surface area contributed by atoms with E-state index in [1.807, 2.05) is 24.5 Å². The molecular formula is C34H36N4O2. The van der Waals surface area contributed by atoms with Crippen LogP contribution in [0.5, 0.6) is 0 Å². The van der Waals surface area contributed by atoms with Crippen molar-refractivity contribution in [2.45, 2.75) is 46.1 Å². The van der Waals surface area contributed by atoms with Crippen LogP contribution in [0.15, 0.2) is 91.3 Å². The summed E-state index contributed by atoms with van der Waals surface area (Å²) in [6.45, 7) is 6.93. The molecule has 0 fully saturated rings. The molecule has 5 rings (SSSR count). The SMILES string of the molecule is Cc1cc(C)cc(-c2[nH]c3ccc([N+](=O)[O-])cc3c2CCN(CCCCc2cccnc2)Cc2ccccc2)c1. The molecule has 2 aromatic heterocycles. The molecular weight excluding hydrogens is 496 g/mol. The predicted molar refractivity (Wildman–Crippen MR) is 162 cm³/mol. The van der Waals surface area contributed by atoms with Crippen molar-refractivity contribution in [3.05, 3.63) is 129 Å². The Labute approximate surface area is 235 Å². The van der Waals surface area contributed by atoms with Gasteiger partial charge in [-0.1, -0.05) is 53.6 Å². The Bertz CT molecular complexity index is 1560. The summed E-state index contributed by atoms with van der Waals surface area (Å²) in [5, 5.41) is 12.6. The number of H-pyrrole nitrogens is 1. The normalized spacial score (nSPS) is 11.4. The molecule has 0 aliphatic carbocycles. The van der Waals surface area contributed by atoms with Gasteiger partial charge in [0.1, 0.15) is 0 Å². The van der Waals surface area contributed by atoms with Crippen molar-refractivity contribution in [2.24, 2.45) is 0 Å². The van der Waals surface area contributed by atoms with E-state index in [2.05, 4.69) is 83.3 Å². The number of fused-ring (bicyclic) bond motifs is 1. The molecule has 3 aromatic carbocycles. The summed E-state index contributed by atoms with van der Waals surface area (Å²) < 4.78 is 0. The van der Waals surface area contributed by atoms with Crippen LogP contribution in [0.25, 0.3) is 22.2 Å². The number of unbranched alkanes of at least 4 members (excludes halogenated alkanes) is 1. The molecule has 2 heterocycles. The van der Waals surface area contributed by atoms with E-state index in [4.69, 9.17) is 0 Å². The average Bonchev–Trinajstić information content (AvgIpc) is 3.32. The molecule has 0 amide bonds. The van der Waals surface area contributed by atoms with Crippen LogP contribution in [-0.2, 0) is 19.4 Å². The quantitative estimate of drug-likeness (QED) is 0.101. The fourth-order valence-electron chi connectivity index (χ4n) is 5.57. The first-order valence-corrected chi connectivity index (χ1v) is 14.0. The van der Waals surface area contributed by atoms with Crippen LogP contribution >= 0.6 is 0 Å². The van der Waals surface area contributed by atoms with Crippen molar-refractivity contribution in [1.29, 1.82) is 0 Å². The van der Waals surface area contributed by atoms with Gasteiger partial charge in [0.15, 0.2) is 0 Å². The van der Waals surface area contributed by atoms with Crippen molar-refractivity contribution in [2.75, 3.05) is 13.1 Å². The second-order valence-corrected chi connectivity index (χ2v) is 10.7. The monoisotopic (exact) mass is 532 g/mol. The van der Waals surface area contributed by atoms with Crippen LogP contribution in [0, 0.1) is 24.0 Å². The maximum absolute atomic E-state index is 11.6. The largest absolute Gasteiger partial charge is 0.354 e. The number of nitrogens with one attached hydrogen (secondary N) is 1. The van der Waals surface area contributed by atoms with Gasteiger partial charge in [0, 0.05) is 54.2 Å². The number of benzene rings is 3. The number of aromatic amines is 1. The van der Waals surface area contributed by atoms with E-state index in [0.29, 0.717) is 0 Å². The highest BCUT2D eigenvalue weighted by Gasteiger charge is 2.18. The molecule has 40 heavy (non-hydrogen) atoms. The zero-order chi connectivity index (χ0) is 27.9. The van der Waals surface area contributed by atoms with Gasteiger partial charge in [-0.2, -0.15) is 0 Å². The van der Waals surface area contributed by atoms with E-state index in [1.54, 1.807) is 12.1 Å². The van der Waals surface area contributed by atoms with E-state index in [1.165, 1.54) is 22.3 Å². The molecule has 0 aliphatic heterocycles. The summed E-state index contributed by atoms with van der Waals surface area (Å²) in [5.74, 6) is 0. The second kappa shape index (κ2) is 12.7. The minimum atomic E-state index is -0.309. The fourth-order valence-corrected chi connectivity index (χ4v) is 5.57. The molecule has 6 nitrogen and oxygen atoms in total. The highest BCUT2D eigenvalue weighted by Crippen LogP contribution is 2.34. The van der Waals surface area contributed by atoms with Gasteiger partial charge in [0.25, 0.3) is 5.69 Å². The van der Waals surface area contributed by atoms with Gasteiger partial charge in [0.2, 0.25) is 0 Å². The Morgan fingerprint density at radius 1 is 0.850 bits per heavy atom. The third-order valence-electron chi connectivity index (χ3n) is 7.45. The molecule has 1 N–H and O–H groups in total. The van der Waals surface area contributed by atoms with Crippen molar-refractivity contribution in [1.82, 2.24) is 14.9 Å². The first kappa shape index (κ1) is 27.3. The molecule has 204 valence electrons. The van der Waals surface area contributed by atoms with Gasteiger partial charge in [0.05, 0.1) is 4.92 Å².